The van der Waals surface area contributed by atoms with Gasteiger partial charge in [-0.05, 0) is 14.1 Å². The highest BCUT2D eigenvalue weighted by atomic mass is 32.1. The highest BCUT2D eigenvalue weighted by Gasteiger charge is 2.50. The second-order valence-electron chi connectivity index (χ2n) is 5.47. The molecule has 1 rings (SSSR count). The minimum absolute atomic E-state index is 0.137. The van der Waals surface area contributed by atoms with Crippen molar-refractivity contribution in [3.8, 4) is 0 Å². The Bertz CT molecular complexity index is 456. The van der Waals surface area contributed by atoms with Gasteiger partial charge in [-0.3, -0.25) is 19.3 Å². The predicted octanol–water partition coefficient (Wildman–Crippen LogP) is -0.00220. The van der Waals surface area contributed by atoms with E-state index in [0.29, 0.717) is 0 Å². The molecule has 23 heavy (non-hydrogen) atoms. The molecule has 9 heteroatoms. The van der Waals surface area contributed by atoms with Crippen molar-refractivity contribution in [1.82, 2.24) is 4.90 Å². The van der Waals surface area contributed by atoms with Gasteiger partial charge < -0.3 is 18.9 Å². The number of thiol groups is 1. The van der Waals surface area contributed by atoms with E-state index in [2.05, 4.69) is 12.6 Å². The van der Waals surface area contributed by atoms with Gasteiger partial charge in [-0.2, -0.15) is 0 Å². The number of carbonyl (C=O) groups is 3. The molecule has 1 aliphatic rings. The number of esters is 3. The summed E-state index contributed by atoms with van der Waals surface area (Å²) < 4.78 is 21.3. The first kappa shape index (κ1) is 19.7. The van der Waals surface area contributed by atoms with Crippen LogP contribution in [0.25, 0.3) is 0 Å². The van der Waals surface area contributed by atoms with Crippen LogP contribution in [0, 0.1) is 0 Å². The maximum atomic E-state index is 11.5. The Morgan fingerprint density at radius 1 is 1.00 bits per heavy atom. The summed E-state index contributed by atoms with van der Waals surface area (Å²) in [5.41, 5.74) is -0.623. The van der Waals surface area contributed by atoms with Gasteiger partial charge in [0, 0.05) is 20.8 Å². The topological polar surface area (TPSA) is 91.4 Å². The van der Waals surface area contributed by atoms with Gasteiger partial charge in [-0.15, -0.1) is 12.6 Å². The summed E-state index contributed by atoms with van der Waals surface area (Å²) in [6.07, 6.45) is -2.50. The highest BCUT2D eigenvalue weighted by Crippen LogP contribution is 2.30. The predicted molar refractivity (Wildman–Crippen MR) is 82.9 cm³/mol. The van der Waals surface area contributed by atoms with Gasteiger partial charge >= 0.3 is 17.9 Å². The molecule has 1 unspecified atom stereocenters. The van der Waals surface area contributed by atoms with Gasteiger partial charge in [0.15, 0.2) is 12.2 Å². The van der Waals surface area contributed by atoms with Crippen LogP contribution in [0.15, 0.2) is 0 Å². The molecule has 1 heterocycles. The van der Waals surface area contributed by atoms with Crippen molar-refractivity contribution in [1.29, 1.82) is 0 Å². The minimum atomic E-state index is -0.911. The number of carbonyl (C=O) groups excluding carboxylic acids is 3. The third-order valence-corrected chi connectivity index (χ3v) is 3.71. The Kier molecular flexibility index (Phi) is 7.30. The Labute approximate surface area is 140 Å². The molecule has 132 valence electrons. The Balaban J connectivity index is 3.09. The monoisotopic (exact) mass is 349 g/mol. The molecule has 0 aromatic carbocycles. The molecule has 0 bridgehead atoms. The average molecular weight is 349 g/mol. The fraction of sp³-hybridized carbons (Fsp3) is 0.786. The molecule has 0 aliphatic carbocycles. The fourth-order valence-corrected chi connectivity index (χ4v) is 3.04. The summed E-state index contributed by atoms with van der Waals surface area (Å²) in [6.45, 7) is 3.63. The zero-order valence-electron chi connectivity index (χ0n) is 13.8. The number of likely N-dealkylation sites (N-methyl/N-ethyl adjacent to an activating group) is 1. The first-order chi connectivity index (χ1) is 10.6. The van der Waals surface area contributed by atoms with Crippen molar-refractivity contribution in [3.63, 3.8) is 0 Å². The van der Waals surface area contributed by atoms with E-state index in [-0.39, 0.29) is 6.61 Å². The van der Waals surface area contributed by atoms with Gasteiger partial charge in [-0.1, -0.05) is 0 Å². The van der Waals surface area contributed by atoms with Crippen molar-refractivity contribution in [3.05, 3.63) is 0 Å². The second-order valence-corrected chi connectivity index (χ2v) is 5.98. The lowest BCUT2D eigenvalue weighted by molar-refractivity contribution is -0.219. The van der Waals surface area contributed by atoms with Gasteiger partial charge in [0.2, 0.25) is 0 Å². The summed E-state index contributed by atoms with van der Waals surface area (Å²) in [4.78, 5) is 35.7. The lowest BCUT2D eigenvalue weighted by atomic mass is 9.96. The molecule has 0 N–H and O–H groups in total. The number of hydrogen-bond acceptors (Lipinski definition) is 9. The van der Waals surface area contributed by atoms with Gasteiger partial charge in [0.05, 0.1) is 6.04 Å². The maximum absolute atomic E-state index is 11.5. The van der Waals surface area contributed by atoms with Gasteiger partial charge in [0.1, 0.15) is 18.1 Å². The molecule has 0 amide bonds. The summed E-state index contributed by atoms with van der Waals surface area (Å²) in [6, 6.07) is -0.444. The van der Waals surface area contributed by atoms with Crippen molar-refractivity contribution >= 4 is 30.5 Å². The van der Waals surface area contributed by atoms with Crippen molar-refractivity contribution in [2.45, 2.75) is 50.6 Å². The SMILES string of the molecule is CC(=O)OC[C@H]1OC(S)[C@H](N(C)C)[C@@H](OC(C)=O)[C@@H]1OC(C)=O. The molecule has 0 spiro atoms. The average Bonchev–Trinajstić information content (AvgIpc) is 2.38. The van der Waals surface area contributed by atoms with E-state index in [1.54, 1.807) is 19.0 Å². The summed E-state index contributed by atoms with van der Waals surface area (Å²) >= 11 is 4.38. The zero-order valence-corrected chi connectivity index (χ0v) is 14.7. The smallest absolute Gasteiger partial charge is 0.303 e. The normalized spacial score (nSPS) is 30.7. The number of rotatable bonds is 5. The first-order valence-electron chi connectivity index (χ1n) is 7.11. The van der Waals surface area contributed by atoms with Crippen LogP contribution in [0.3, 0.4) is 0 Å². The molecule has 0 aromatic heterocycles. The fourth-order valence-electron chi connectivity index (χ4n) is 2.45. The lowest BCUT2D eigenvalue weighted by Crippen LogP contribution is -2.63. The Morgan fingerprint density at radius 3 is 1.96 bits per heavy atom. The van der Waals surface area contributed by atoms with E-state index >= 15 is 0 Å². The van der Waals surface area contributed by atoms with Crippen LogP contribution in [-0.4, -0.2) is 73.3 Å². The van der Waals surface area contributed by atoms with Crippen LogP contribution >= 0.6 is 12.6 Å². The van der Waals surface area contributed by atoms with E-state index in [4.69, 9.17) is 18.9 Å². The third kappa shape index (κ3) is 5.67. The molecule has 0 aromatic rings. The molecule has 5 atom stereocenters. The molecule has 1 saturated heterocycles. The van der Waals surface area contributed by atoms with Crippen molar-refractivity contribution < 1.29 is 33.3 Å². The van der Waals surface area contributed by atoms with E-state index in [1.807, 2.05) is 0 Å². The standard InChI is InChI=1S/C14H23NO7S/c1-7(16)19-6-10-12(20-8(2)17)13(21-9(3)18)11(15(4)5)14(23)22-10/h10-14,23H,6H2,1-5H3/t10-,11-,12-,13-,14?/m1/s1. The molecule has 0 saturated carbocycles. The zero-order chi connectivity index (χ0) is 17.7. The van der Waals surface area contributed by atoms with Crippen LogP contribution in [0.1, 0.15) is 20.8 Å². The van der Waals surface area contributed by atoms with Crippen LogP contribution < -0.4 is 0 Å². The van der Waals surface area contributed by atoms with Crippen LogP contribution in [0.5, 0.6) is 0 Å². The highest BCUT2D eigenvalue weighted by molar-refractivity contribution is 7.80. The summed E-state index contributed by atoms with van der Waals surface area (Å²) in [7, 11) is 3.54. The Hall–Kier alpha value is -1.32. The van der Waals surface area contributed by atoms with E-state index < -0.39 is 47.7 Å². The van der Waals surface area contributed by atoms with E-state index in [9.17, 15) is 14.4 Å². The largest absolute Gasteiger partial charge is 0.463 e. The third-order valence-electron chi connectivity index (χ3n) is 3.28. The molecule has 1 aliphatic heterocycles. The minimum Gasteiger partial charge on any atom is -0.463 e. The lowest BCUT2D eigenvalue weighted by Gasteiger charge is -2.46. The number of nitrogens with zero attached hydrogens (tertiary/aromatic N) is 1. The summed E-state index contributed by atoms with van der Waals surface area (Å²) in [5, 5.41) is 0. The molecule has 8 nitrogen and oxygen atoms in total. The van der Waals surface area contributed by atoms with Crippen molar-refractivity contribution in [2.24, 2.45) is 0 Å². The second kappa shape index (κ2) is 8.51. The molecular weight excluding hydrogens is 326 g/mol. The first-order valence-corrected chi connectivity index (χ1v) is 7.63. The number of hydrogen-bond donors (Lipinski definition) is 1. The van der Waals surface area contributed by atoms with Crippen molar-refractivity contribution in [2.75, 3.05) is 20.7 Å². The number of ether oxygens (including phenoxy) is 4. The van der Waals surface area contributed by atoms with Crippen LogP contribution in [0.4, 0.5) is 0 Å². The van der Waals surface area contributed by atoms with Gasteiger partial charge in [0.25, 0.3) is 0 Å². The quantitative estimate of drug-likeness (QED) is 0.421. The van der Waals surface area contributed by atoms with Crippen LogP contribution in [0.2, 0.25) is 0 Å². The molecule has 1 fully saturated rings. The summed E-state index contributed by atoms with van der Waals surface area (Å²) in [5.74, 6) is -1.57. The maximum Gasteiger partial charge on any atom is 0.303 e. The van der Waals surface area contributed by atoms with E-state index in [1.165, 1.54) is 20.8 Å². The Morgan fingerprint density at radius 2 is 1.52 bits per heavy atom. The van der Waals surface area contributed by atoms with Crippen LogP contribution in [-0.2, 0) is 33.3 Å². The molecular formula is C14H23NO7S. The van der Waals surface area contributed by atoms with E-state index in [0.717, 1.165) is 0 Å². The molecule has 0 radical (unpaired) electrons. The van der Waals surface area contributed by atoms with Gasteiger partial charge in [-0.25, -0.2) is 0 Å².